The molecule has 1 saturated heterocycles. The van der Waals surface area contributed by atoms with Crippen molar-refractivity contribution in [2.75, 3.05) is 24.6 Å². The molecule has 1 amide bonds. The van der Waals surface area contributed by atoms with E-state index in [1.165, 1.54) is 6.20 Å². The molecule has 2 aliphatic rings. The van der Waals surface area contributed by atoms with Crippen LogP contribution in [0.5, 0.6) is 0 Å². The van der Waals surface area contributed by atoms with E-state index in [1.807, 2.05) is 13.0 Å². The van der Waals surface area contributed by atoms with E-state index in [0.29, 0.717) is 29.1 Å². The van der Waals surface area contributed by atoms with Gasteiger partial charge in [-0.1, -0.05) is 0 Å². The first-order valence-corrected chi connectivity index (χ1v) is 9.41. The van der Waals surface area contributed by atoms with Crippen LogP contribution in [0.2, 0.25) is 0 Å². The number of carbonyl (C=O) groups is 1. The second-order valence-electron chi connectivity index (χ2n) is 7.50. The number of nitrogens with zero attached hydrogens (tertiary/aromatic N) is 4. The molecule has 2 aromatic rings. The molecule has 7 nitrogen and oxygen atoms in total. The predicted molar refractivity (Wildman–Crippen MR) is 101 cm³/mol. The summed E-state index contributed by atoms with van der Waals surface area (Å²) in [6, 6.07) is 5.24. The predicted octanol–water partition coefficient (Wildman–Crippen LogP) is 2.65. The van der Waals surface area contributed by atoms with Gasteiger partial charge in [-0.05, 0) is 38.0 Å². The monoisotopic (exact) mass is 393 g/mol. The van der Waals surface area contributed by atoms with Gasteiger partial charge in [0, 0.05) is 44.6 Å². The number of rotatable bonds is 6. The zero-order valence-electron chi connectivity index (χ0n) is 15.6. The van der Waals surface area contributed by atoms with Crippen molar-refractivity contribution in [1.82, 2.24) is 20.1 Å². The Kier molecular flexibility index (Phi) is 5.01. The third-order valence-corrected chi connectivity index (χ3v) is 5.20. The number of alkyl halides is 2. The molecule has 2 aromatic heterocycles. The molecular weight excluding hydrogens is 368 g/mol. The number of amides is 1. The zero-order chi connectivity index (χ0) is 19.7. The minimum atomic E-state index is -2.66. The number of morpholine rings is 1. The molecule has 0 spiro atoms. The summed E-state index contributed by atoms with van der Waals surface area (Å²) in [5.74, 6) is -0.256. The van der Waals surface area contributed by atoms with Crippen LogP contribution in [0.15, 0.2) is 30.6 Å². The molecule has 1 N–H and O–H groups in total. The van der Waals surface area contributed by atoms with Crippen LogP contribution in [-0.2, 0) is 11.2 Å². The van der Waals surface area contributed by atoms with Gasteiger partial charge in [0.2, 0.25) is 0 Å². The number of halogens is 2. The number of ether oxygens (including phenoxy) is 1. The van der Waals surface area contributed by atoms with Gasteiger partial charge < -0.3 is 15.0 Å². The van der Waals surface area contributed by atoms with Crippen molar-refractivity contribution in [2.45, 2.75) is 44.4 Å². The van der Waals surface area contributed by atoms with Crippen LogP contribution in [0.3, 0.4) is 0 Å². The standard InChI is InChI=1S/C19H23F2N5O2.H2/c1-13-12-25(8-9-28-13)15-2-6-22-16(10-15)17(27)23-19(4-5-19)11-14-3-7-26(24-14)18(20)21;/h2-3,6-7,10,13,18H,4-5,8-9,11-12H2,1H3,(H,23,27);1H/t13-;/m0./s1. The van der Waals surface area contributed by atoms with Crippen molar-refractivity contribution < 1.29 is 19.7 Å². The Hall–Kier alpha value is -2.55. The highest BCUT2D eigenvalue weighted by Gasteiger charge is 2.45. The van der Waals surface area contributed by atoms with Crippen LogP contribution >= 0.6 is 0 Å². The summed E-state index contributed by atoms with van der Waals surface area (Å²) in [5.41, 5.74) is 1.41. The van der Waals surface area contributed by atoms with Crippen molar-refractivity contribution in [3.63, 3.8) is 0 Å². The number of aromatic nitrogens is 3. The Morgan fingerprint density at radius 2 is 2.29 bits per heavy atom. The molecule has 1 aliphatic carbocycles. The summed E-state index contributed by atoms with van der Waals surface area (Å²) >= 11 is 0. The molecular formula is C19H25F2N5O2. The molecule has 9 heteroatoms. The Balaban J connectivity index is 0.00000240. The minimum absolute atomic E-state index is 0. The molecule has 0 radical (unpaired) electrons. The lowest BCUT2D eigenvalue weighted by atomic mass is 10.1. The second kappa shape index (κ2) is 7.46. The highest BCUT2D eigenvalue weighted by Crippen LogP contribution is 2.38. The van der Waals surface area contributed by atoms with Gasteiger partial charge in [-0.3, -0.25) is 9.78 Å². The van der Waals surface area contributed by atoms with Gasteiger partial charge >= 0.3 is 6.55 Å². The molecule has 0 aromatic carbocycles. The third kappa shape index (κ3) is 4.14. The van der Waals surface area contributed by atoms with E-state index in [0.717, 1.165) is 31.6 Å². The van der Waals surface area contributed by atoms with Gasteiger partial charge in [0.25, 0.3) is 5.91 Å². The molecule has 28 heavy (non-hydrogen) atoms. The van der Waals surface area contributed by atoms with E-state index >= 15 is 0 Å². The summed E-state index contributed by atoms with van der Waals surface area (Å²) in [4.78, 5) is 19.1. The Morgan fingerprint density at radius 3 is 2.96 bits per heavy atom. The Morgan fingerprint density at radius 1 is 1.46 bits per heavy atom. The van der Waals surface area contributed by atoms with E-state index in [-0.39, 0.29) is 13.4 Å². The second-order valence-corrected chi connectivity index (χ2v) is 7.50. The first-order chi connectivity index (χ1) is 13.4. The molecule has 152 valence electrons. The van der Waals surface area contributed by atoms with Gasteiger partial charge in [0.1, 0.15) is 5.69 Å². The summed E-state index contributed by atoms with van der Waals surface area (Å²) in [6.45, 7) is 1.55. The topological polar surface area (TPSA) is 72.3 Å². The van der Waals surface area contributed by atoms with E-state index in [2.05, 4.69) is 20.3 Å². The first-order valence-electron chi connectivity index (χ1n) is 9.41. The molecule has 1 saturated carbocycles. The highest BCUT2D eigenvalue weighted by atomic mass is 19.3. The van der Waals surface area contributed by atoms with E-state index in [9.17, 15) is 13.6 Å². The van der Waals surface area contributed by atoms with Crippen LogP contribution in [0, 0.1) is 0 Å². The van der Waals surface area contributed by atoms with Crippen molar-refractivity contribution >= 4 is 11.6 Å². The quantitative estimate of drug-likeness (QED) is 0.817. The number of hydrogen-bond acceptors (Lipinski definition) is 5. The number of nitrogens with one attached hydrogen (secondary N) is 1. The first kappa shape index (κ1) is 18.8. The van der Waals surface area contributed by atoms with E-state index in [1.54, 1.807) is 18.3 Å². The lowest BCUT2D eigenvalue weighted by Gasteiger charge is -2.33. The molecule has 2 fully saturated rings. The normalized spacial score (nSPS) is 21.0. The molecule has 0 unspecified atom stereocenters. The fourth-order valence-corrected chi connectivity index (χ4v) is 3.52. The maximum atomic E-state index is 12.7. The van der Waals surface area contributed by atoms with Crippen molar-refractivity contribution in [3.05, 3.63) is 42.0 Å². The Labute approximate surface area is 163 Å². The van der Waals surface area contributed by atoms with E-state index < -0.39 is 12.1 Å². The number of carbonyl (C=O) groups excluding carboxylic acids is 1. The van der Waals surface area contributed by atoms with Crippen LogP contribution in [0.4, 0.5) is 14.5 Å². The van der Waals surface area contributed by atoms with Crippen LogP contribution in [0.1, 0.15) is 43.9 Å². The third-order valence-electron chi connectivity index (χ3n) is 5.20. The lowest BCUT2D eigenvalue weighted by Crippen LogP contribution is -2.41. The summed E-state index contributed by atoms with van der Waals surface area (Å²) in [7, 11) is 0. The average molecular weight is 393 g/mol. The summed E-state index contributed by atoms with van der Waals surface area (Å²) in [5, 5.41) is 6.91. The van der Waals surface area contributed by atoms with Crippen LogP contribution < -0.4 is 10.2 Å². The Bertz CT molecular complexity index is 859. The SMILES string of the molecule is C[C@H]1CN(c2ccnc(C(=O)NC3(Cc4ccn(C(F)F)n4)CC3)c2)CCO1.[HH]. The van der Waals surface area contributed by atoms with Crippen molar-refractivity contribution in [1.29, 1.82) is 0 Å². The van der Waals surface area contributed by atoms with Crippen LogP contribution in [-0.4, -0.2) is 52.0 Å². The van der Waals surface area contributed by atoms with Gasteiger partial charge in [-0.25, -0.2) is 4.68 Å². The number of hydrogen-bond donors (Lipinski definition) is 1. The van der Waals surface area contributed by atoms with Gasteiger partial charge in [0.05, 0.1) is 18.4 Å². The number of anilines is 1. The molecule has 3 heterocycles. The van der Waals surface area contributed by atoms with Crippen LogP contribution in [0.25, 0.3) is 0 Å². The molecule has 1 atom stereocenters. The maximum Gasteiger partial charge on any atom is 0.333 e. The minimum Gasteiger partial charge on any atom is -0.375 e. The lowest BCUT2D eigenvalue weighted by molar-refractivity contribution is 0.0532. The largest absolute Gasteiger partial charge is 0.375 e. The van der Waals surface area contributed by atoms with Crippen molar-refractivity contribution in [3.8, 4) is 0 Å². The van der Waals surface area contributed by atoms with Crippen molar-refractivity contribution in [2.24, 2.45) is 0 Å². The number of pyridine rings is 1. The fourth-order valence-electron chi connectivity index (χ4n) is 3.52. The van der Waals surface area contributed by atoms with Gasteiger partial charge in [0.15, 0.2) is 0 Å². The highest BCUT2D eigenvalue weighted by molar-refractivity contribution is 5.94. The van der Waals surface area contributed by atoms with E-state index in [4.69, 9.17) is 4.74 Å². The van der Waals surface area contributed by atoms with Gasteiger partial charge in [-0.2, -0.15) is 13.9 Å². The maximum absolute atomic E-state index is 12.7. The van der Waals surface area contributed by atoms with Gasteiger partial charge in [-0.15, -0.1) is 0 Å². The zero-order valence-corrected chi connectivity index (χ0v) is 15.6. The summed E-state index contributed by atoms with van der Waals surface area (Å²) < 4.78 is 31.6. The average Bonchev–Trinajstić information content (AvgIpc) is 3.25. The molecule has 1 aliphatic heterocycles. The summed E-state index contributed by atoms with van der Waals surface area (Å²) in [6.07, 6.45) is 5.05. The smallest absolute Gasteiger partial charge is 0.333 e. The fraction of sp³-hybridized carbons (Fsp3) is 0.526. The molecule has 0 bridgehead atoms. The molecule has 4 rings (SSSR count).